The Hall–Kier alpha value is -0.120. The fourth-order valence-corrected chi connectivity index (χ4v) is 3.01. The van der Waals surface area contributed by atoms with Gasteiger partial charge < -0.3 is 15.7 Å². The molecule has 0 aromatic carbocycles. The summed E-state index contributed by atoms with van der Waals surface area (Å²) in [6.45, 7) is 5.39. The standard InChI is InChI=1S/C12H24N2O/c1-9-7-14(6-5-12(9)15)8-10-3-2-4-11(10)13/h9-12,15H,2-8,13H2,1H3. The molecule has 4 atom stereocenters. The molecule has 1 saturated carbocycles. The molecule has 0 aromatic heterocycles. The first-order chi connectivity index (χ1) is 7.16. The number of nitrogens with zero attached hydrogens (tertiary/aromatic N) is 1. The van der Waals surface area contributed by atoms with Crippen LogP contribution in [0, 0.1) is 11.8 Å². The molecule has 1 saturated heterocycles. The maximum absolute atomic E-state index is 9.66. The Morgan fingerprint density at radius 1 is 1.33 bits per heavy atom. The summed E-state index contributed by atoms with van der Waals surface area (Å²) in [6, 6.07) is 0.423. The third-order valence-corrected chi connectivity index (χ3v) is 4.15. The fraction of sp³-hybridized carbons (Fsp3) is 1.00. The van der Waals surface area contributed by atoms with Gasteiger partial charge in [-0.25, -0.2) is 0 Å². The molecule has 3 N–H and O–H groups in total. The molecule has 0 radical (unpaired) electrons. The zero-order valence-corrected chi connectivity index (χ0v) is 9.73. The molecule has 1 aliphatic heterocycles. The van der Waals surface area contributed by atoms with Crippen molar-refractivity contribution in [2.45, 2.75) is 44.8 Å². The third kappa shape index (κ3) is 2.71. The number of hydrogen-bond acceptors (Lipinski definition) is 3. The highest BCUT2D eigenvalue weighted by atomic mass is 16.3. The zero-order chi connectivity index (χ0) is 10.8. The van der Waals surface area contributed by atoms with E-state index in [1.54, 1.807) is 0 Å². The van der Waals surface area contributed by atoms with Crippen molar-refractivity contribution in [2.24, 2.45) is 17.6 Å². The Kier molecular flexibility index (Phi) is 3.65. The van der Waals surface area contributed by atoms with Crippen molar-refractivity contribution in [3.8, 4) is 0 Å². The van der Waals surface area contributed by atoms with E-state index in [2.05, 4.69) is 11.8 Å². The Bertz CT molecular complexity index is 210. The molecule has 3 nitrogen and oxygen atoms in total. The third-order valence-electron chi connectivity index (χ3n) is 4.15. The second-order valence-corrected chi connectivity index (χ2v) is 5.45. The minimum Gasteiger partial charge on any atom is -0.393 e. The van der Waals surface area contributed by atoms with Crippen molar-refractivity contribution in [3.05, 3.63) is 0 Å². The second kappa shape index (κ2) is 4.81. The molecule has 0 aromatic rings. The van der Waals surface area contributed by atoms with E-state index in [9.17, 15) is 5.11 Å². The van der Waals surface area contributed by atoms with Crippen LogP contribution in [0.3, 0.4) is 0 Å². The topological polar surface area (TPSA) is 49.5 Å². The number of likely N-dealkylation sites (tertiary alicyclic amines) is 1. The van der Waals surface area contributed by atoms with E-state index in [1.807, 2.05) is 0 Å². The average Bonchev–Trinajstić information content (AvgIpc) is 2.59. The molecule has 0 bridgehead atoms. The minimum atomic E-state index is -0.0847. The smallest absolute Gasteiger partial charge is 0.0590 e. The van der Waals surface area contributed by atoms with Crippen molar-refractivity contribution in [3.63, 3.8) is 0 Å². The number of aliphatic hydroxyl groups is 1. The number of hydrogen-bond donors (Lipinski definition) is 2. The lowest BCUT2D eigenvalue weighted by Gasteiger charge is -2.36. The van der Waals surface area contributed by atoms with Crippen molar-refractivity contribution in [1.82, 2.24) is 4.90 Å². The van der Waals surface area contributed by atoms with Gasteiger partial charge in [0.2, 0.25) is 0 Å². The number of rotatable bonds is 2. The highest BCUT2D eigenvalue weighted by molar-refractivity contribution is 4.85. The summed E-state index contributed by atoms with van der Waals surface area (Å²) >= 11 is 0. The first-order valence-corrected chi connectivity index (χ1v) is 6.33. The molecule has 1 heterocycles. The summed E-state index contributed by atoms with van der Waals surface area (Å²) in [4.78, 5) is 2.49. The van der Waals surface area contributed by atoms with Gasteiger partial charge in [-0.3, -0.25) is 0 Å². The van der Waals surface area contributed by atoms with Gasteiger partial charge >= 0.3 is 0 Å². The van der Waals surface area contributed by atoms with E-state index in [4.69, 9.17) is 5.73 Å². The molecule has 0 amide bonds. The molecule has 4 unspecified atom stereocenters. The van der Waals surface area contributed by atoms with Crippen molar-refractivity contribution in [1.29, 1.82) is 0 Å². The van der Waals surface area contributed by atoms with E-state index in [0.717, 1.165) is 26.1 Å². The SMILES string of the molecule is CC1CN(CC2CCCC2N)CCC1O. The van der Waals surface area contributed by atoms with E-state index in [-0.39, 0.29) is 6.10 Å². The lowest BCUT2D eigenvalue weighted by molar-refractivity contribution is 0.0286. The monoisotopic (exact) mass is 212 g/mol. The summed E-state index contributed by atoms with van der Waals surface area (Å²) in [5.41, 5.74) is 6.08. The van der Waals surface area contributed by atoms with E-state index < -0.39 is 0 Å². The molecule has 2 rings (SSSR count). The highest BCUT2D eigenvalue weighted by Crippen LogP contribution is 2.26. The molecule has 15 heavy (non-hydrogen) atoms. The van der Waals surface area contributed by atoms with E-state index in [0.29, 0.717) is 17.9 Å². The lowest BCUT2D eigenvalue weighted by Crippen LogP contribution is -2.45. The number of piperidine rings is 1. The van der Waals surface area contributed by atoms with Crippen LogP contribution in [0.15, 0.2) is 0 Å². The van der Waals surface area contributed by atoms with Gasteiger partial charge in [0.25, 0.3) is 0 Å². The quantitative estimate of drug-likeness (QED) is 0.712. The summed E-state index contributed by atoms with van der Waals surface area (Å²) in [6.07, 6.45) is 4.66. The number of aliphatic hydroxyl groups excluding tert-OH is 1. The van der Waals surface area contributed by atoms with Crippen molar-refractivity contribution >= 4 is 0 Å². The van der Waals surface area contributed by atoms with Gasteiger partial charge in [0.05, 0.1) is 6.10 Å². The molecular weight excluding hydrogens is 188 g/mol. The molecule has 2 aliphatic rings. The van der Waals surface area contributed by atoms with Crippen LogP contribution in [0.4, 0.5) is 0 Å². The van der Waals surface area contributed by atoms with Gasteiger partial charge in [-0.05, 0) is 31.1 Å². The van der Waals surface area contributed by atoms with Crippen LogP contribution in [0.5, 0.6) is 0 Å². The second-order valence-electron chi connectivity index (χ2n) is 5.45. The Balaban J connectivity index is 1.80. The Morgan fingerprint density at radius 2 is 2.13 bits per heavy atom. The van der Waals surface area contributed by atoms with Gasteiger partial charge in [-0.15, -0.1) is 0 Å². The van der Waals surface area contributed by atoms with Gasteiger partial charge in [0.1, 0.15) is 0 Å². The summed E-state index contributed by atoms with van der Waals surface area (Å²) in [5.74, 6) is 1.13. The molecule has 0 spiro atoms. The first-order valence-electron chi connectivity index (χ1n) is 6.33. The predicted molar refractivity (Wildman–Crippen MR) is 61.5 cm³/mol. The summed E-state index contributed by atoms with van der Waals surface area (Å²) in [7, 11) is 0. The number of nitrogens with two attached hydrogens (primary N) is 1. The van der Waals surface area contributed by atoms with Crippen LogP contribution in [0.2, 0.25) is 0 Å². The molecule has 1 aliphatic carbocycles. The van der Waals surface area contributed by atoms with Crippen LogP contribution in [0.25, 0.3) is 0 Å². The zero-order valence-electron chi connectivity index (χ0n) is 9.73. The van der Waals surface area contributed by atoms with Crippen LogP contribution < -0.4 is 5.73 Å². The summed E-state index contributed by atoms with van der Waals surface area (Å²) < 4.78 is 0. The Labute approximate surface area is 92.6 Å². The minimum absolute atomic E-state index is 0.0847. The van der Waals surface area contributed by atoms with Gasteiger partial charge in [-0.2, -0.15) is 0 Å². The maximum atomic E-state index is 9.66. The van der Waals surface area contributed by atoms with Crippen LogP contribution >= 0.6 is 0 Å². The van der Waals surface area contributed by atoms with Gasteiger partial charge in [-0.1, -0.05) is 13.3 Å². The first kappa shape index (κ1) is 11.4. The van der Waals surface area contributed by atoms with Crippen LogP contribution in [-0.4, -0.2) is 41.8 Å². The Morgan fingerprint density at radius 3 is 2.73 bits per heavy atom. The largest absolute Gasteiger partial charge is 0.393 e. The highest BCUT2D eigenvalue weighted by Gasteiger charge is 2.29. The molecular formula is C12H24N2O. The van der Waals surface area contributed by atoms with Gasteiger partial charge in [0, 0.05) is 25.7 Å². The van der Waals surface area contributed by atoms with Crippen molar-refractivity contribution in [2.75, 3.05) is 19.6 Å². The van der Waals surface area contributed by atoms with E-state index >= 15 is 0 Å². The van der Waals surface area contributed by atoms with Gasteiger partial charge in [0.15, 0.2) is 0 Å². The van der Waals surface area contributed by atoms with Crippen LogP contribution in [0.1, 0.15) is 32.6 Å². The fourth-order valence-electron chi connectivity index (χ4n) is 3.01. The normalized spacial score (nSPS) is 43.4. The lowest BCUT2D eigenvalue weighted by atomic mass is 9.95. The van der Waals surface area contributed by atoms with Crippen LogP contribution in [-0.2, 0) is 0 Å². The van der Waals surface area contributed by atoms with E-state index in [1.165, 1.54) is 19.3 Å². The maximum Gasteiger partial charge on any atom is 0.0590 e. The summed E-state index contributed by atoms with van der Waals surface area (Å²) in [5, 5.41) is 9.66. The predicted octanol–water partition coefficient (Wildman–Crippen LogP) is 0.817. The average molecular weight is 212 g/mol. The molecule has 2 fully saturated rings. The van der Waals surface area contributed by atoms with Crippen molar-refractivity contribution < 1.29 is 5.11 Å². The molecule has 88 valence electrons. The molecule has 3 heteroatoms.